The molecule has 0 amide bonds. The predicted octanol–water partition coefficient (Wildman–Crippen LogP) is 5.61. The van der Waals surface area contributed by atoms with Crippen LogP contribution in [0.3, 0.4) is 0 Å². The Morgan fingerprint density at radius 1 is 1.00 bits per heavy atom. The maximum atomic E-state index is 13.0. The number of carbonyl (C=O) groups is 1. The van der Waals surface area contributed by atoms with Gasteiger partial charge in [-0.05, 0) is 70.0 Å². The summed E-state index contributed by atoms with van der Waals surface area (Å²) in [5.41, 5.74) is 2.54. The van der Waals surface area contributed by atoms with Crippen molar-refractivity contribution in [2.45, 2.75) is 51.9 Å². The highest BCUT2D eigenvalue weighted by Gasteiger charge is 2.23. The van der Waals surface area contributed by atoms with Crippen LogP contribution in [0.5, 0.6) is 17.2 Å². The first-order chi connectivity index (χ1) is 15.7. The average molecular weight is 470 g/mol. The Kier molecular flexibility index (Phi) is 8.02. The van der Waals surface area contributed by atoms with Crippen LogP contribution in [0.1, 0.15) is 60.2 Å². The van der Waals surface area contributed by atoms with Gasteiger partial charge >= 0.3 is 0 Å². The minimum absolute atomic E-state index is 0.0452. The molecule has 0 radical (unpaired) electrons. The van der Waals surface area contributed by atoms with Crippen LogP contribution < -0.4 is 14.2 Å². The molecule has 1 aromatic heterocycles. The Morgan fingerprint density at radius 3 is 2.39 bits per heavy atom. The summed E-state index contributed by atoms with van der Waals surface area (Å²) in [6, 6.07) is 11.4. The quantitative estimate of drug-likeness (QED) is 0.282. The molecular formula is C25H31N3O4S. The lowest BCUT2D eigenvalue weighted by atomic mass is 10.0. The maximum absolute atomic E-state index is 13.0. The summed E-state index contributed by atoms with van der Waals surface area (Å²) in [5.74, 6) is 3.22. The van der Waals surface area contributed by atoms with Gasteiger partial charge in [0.2, 0.25) is 0 Å². The minimum atomic E-state index is -0.330. The Labute approximate surface area is 199 Å². The number of thioether (sulfide) groups is 1. The molecule has 1 unspecified atom stereocenters. The van der Waals surface area contributed by atoms with Gasteiger partial charge < -0.3 is 18.8 Å². The monoisotopic (exact) mass is 469 g/mol. The molecule has 8 heteroatoms. The maximum Gasteiger partial charge on any atom is 0.192 e. The molecule has 3 rings (SSSR count). The van der Waals surface area contributed by atoms with E-state index in [1.54, 1.807) is 14.2 Å². The Hall–Kier alpha value is -3.00. The van der Waals surface area contributed by atoms with Crippen molar-refractivity contribution < 1.29 is 19.0 Å². The Bertz CT molecular complexity index is 1130. The van der Waals surface area contributed by atoms with Crippen LogP contribution in [0.2, 0.25) is 0 Å². The van der Waals surface area contributed by atoms with Crippen molar-refractivity contribution in [3.05, 3.63) is 58.9 Å². The second-order valence-corrected chi connectivity index (χ2v) is 9.03. The smallest absolute Gasteiger partial charge is 0.192 e. The third-order valence-corrected chi connectivity index (χ3v) is 6.24. The van der Waals surface area contributed by atoms with Crippen molar-refractivity contribution in [2.75, 3.05) is 20.0 Å². The lowest BCUT2D eigenvalue weighted by Gasteiger charge is -2.19. The molecule has 0 saturated carbocycles. The van der Waals surface area contributed by atoms with Crippen LogP contribution in [0.15, 0.2) is 41.6 Å². The van der Waals surface area contributed by atoms with Crippen molar-refractivity contribution in [3.63, 3.8) is 0 Å². The van der Waals surface area contributed by atoms with Gasteiger partial charge in [-0.2, -0.15) is 0 Å². The first kappa shape index (κ1) is 24.6. The number of Topliss-reactive ketones (excluding diaryl/α,β-unsaturated/α-hetero) is 1. The first-order valence-electron chi connectivity index (χ1n) is 10.8. The van der Waals surface area contributed by atoms with Gasteiger partial charge in [-0.3, -0.25) is 4.79 Å². The Morgan fingerprint density at radius 2 is 1.73 bits per heavy atom. The summed E-state index contributed by atoms with van der Waals surface area (Å²) in [6.07, 6.45) is -0.330. The van der Waals surface area contributed by atoms with Crippen molar-refractivity contribution in [2.24, 2.45) is 0 Å². The van der Waals surface area contributed by atoms with Gasteiger partial charge in [0.25, 0.3) is 0 Å². The molecule has 0 aliphatic rings. The molecule has 1 atom stereocenters. The molecule has 0 aliphatic heterocycles. The van der Waals surface area contributed by atoms with Gasteiger partial charge in [0, 0.05) is 17.7 Å². The number of ketones is 1. The van der Waals surface area contributed by atoms with Crippen molar-refractivity contribution in [3.8, 4) is 17.2 Å². The highest BCUT2D eigenvalue weighted by Crippen LogP contribution is 2.30. The number of aryl methyl sites for hydroxylation is 2. The molecule has 2 aromatic carbocycles. The molecule has 33 heavy (non-hydrogen) atoms. The number of carbonyl (C=O) groups excluding carboxylic acids is 1. The van der Waals surface area contributed by atoms with Crippen LogP contribution >= 0.6 is 11.8 Å². The fourth-order valence-electron chi connectivity index (χ4n) is 3.60. The number of ether oxygens (including phenoxy) is 3. The molecule has 1 heterocycles. The van der Waals surface area contributed by atoms with E-state index >= 15 is 0 Å². The van der Waals surface area contributed by atoms with Crippen molar-refractivity contribution >= 4 is 17.5 Å². The van der Waals surface area contributed by atoms with Gasteiger partial charge in [-0.15, -0.1) is 10.2 Å². The average Bonchev–Trinajstić information content (AvgIpc) is 3.23. The molecule has 0 fully saturated rings. The number of hydrogen-bond donors (Lipinski definition) is 0. The number of methoxy groups -OCH3 is 2. The van der Waals surface area contributed by atoms with Crippen LogP contribution in [-0.2, 0) is 0 Å². The molecule has 3 aromatic rings. The van der Waals surface area contributed by atoms with E-state index < -0.39 is 0 Å². The molecule has 176 valence electrons. The zero-order valence-corrected chi connectivity index (χ0v) is 21.0. The van der Waals surface area contributed by atoms with E-state index in [0.29, 0.717) is 22.3 Å². The summed E-state index contributed by atoms with van der Waals surface area (Å²) in [5, 5.41) is 9.45. The van der Waals surface area contributed by atoms with E-state index in [9.17, 15) is 4.79 Å². The second kappa shape index (κ2) is 10.7. The number of rotatable bonds is 10. The van der Waals surface area contributed by atoms with Crippen LogP contribution in [0, 0.1) is 13.8 Å². The topological polar surface area (TPSA) is 75.5 Å². The van der Waals surface area contributed by atoms with Gasteiger partial charge in [-0.1, -0.05) is 17.8 Å². The minimum Gasteiger partial charge on any atom is -0.497 e. The van der Waals surface area contributed by atoms with Crippen LogP contribution in [0.4, 0.5) is 0 Å². The van der Waals surface area contributed by atoms with E-state index in [-0.39, 0.29) is 23.7 Å². The lowest BCUT2D eigenvalue weighted by molar-refractivity contribution is 0.102. The number of benzene rings is 2. The summed E-state index contributed by atoms with van der Waals surface area (Å²) < 4.78 is 18.8. The second-order valence-electron chi connectivity index (χ2n) is 8.09. The van der Waals surface area contributed by atoms with Crippen molar-refractivity contribution in [1.29, 1.82) is 0 Å². The molecule has 0 bridgehead atoms. The molecule has 0 saturated heterocycles. The fourth-order valence-corrected chi connectivity index (χ4v) is 4.56. The highest BCUT2D eigenvalue weighted by molar-refractivity contribution is 7.99. The van der Waals surface area contributed by atoms with E-state index in [4.69, 9.17) is 14.2 Å². The van der Waals surface area contributed by atoms with Crippen LogP contribution in [-0.4, -0.2) is 40.5 Å². The summed E-state index contributed by atoms with van der Waals surface area (Å²) in [4.78, 5) is 13.0. The lowest BCUT2D eigenvalue weighted by Crippen LogP contribution is -2.15. The number of hydrogen-bond acceptors (Lipinski definition) is 7. The molecular weight excluding hydrogens is 438 g/mol. The van der Waals surface area contributed by atoms with Crippen molar-refractivity contribution in [1.82, 2.24) is 14.8 Å². The van der Waals surface area contributed by atoms with Gasteiger partial charge in [0.15, 0.2) is 22.9 Å². The van der Waals surface area contributed by atoms with Gasteiger partial charge in [0.1, 0.15) is 17.2 Å². The van der Waals surface area contributed by atoms with Gasteiger partial charge in [0.05, 0.1) is 20.0 Å². The third-order valence-electron chi connectivity index (χ3n) is 5.30. The van der Waals surface area contributed by atoms with E-state index in [0.717, 1.165) is 22.6 Å². The zero-order chi connectivity index (χ0) is 24.1. The third kappa shape index (κ3) is 5.68. The normalized spacial score (nSPS) is 12.0. The summed E-state index contributed by atoms with van der Waals surface area (Å²) >= 11 is 1.39. The predicted molar refractivity (Wildman–Crippen MR) is 130 cm³/mol. The standard InChI is InChI=1S/C25H31N3O4S/c1-15(2)28-24(18(5)32-20-10-8-9-19(13-20)30-6)26-27-25(28)33-14-22(29)21-11-17(4)23(31-7)12-16(21)3/h8-13,15,18H,14H2,1-7H3. The van der Waals surface area contributed by atoms with Gasteiger partial charge in [-0.25, -0.2) is 0 Å². The van der Waals surface area contributed by atoms with Crippen LogP contribution in [0.25, 0.3) is 0 Å². The highest BCUT2D eigenvalue weighted by atomic mass is 32.2. The molecule has 0 N–H and O–H groups in total. The SMILES string of the molecule is COc1cccc(OC(C)c2nnc(SCC(=O)c3cc(C)c(OC)cc3C)n2C(C)C)c1. The molecule has 7 nitrogen and oxygen atoms in total. The van der Waals surface area contributed by atoms with E-state index in [2.05, 4.69) is 24.0 Å². The number of aromatic nitrogens is 3. The Balaban J connectivity index is 1.77. The number of nitrogens with zero attached hydrogens (tertiary/aromatic N) is 3. The largest absolute Gasteiger partial charge is 0.497 e. The van der Waals surface area contributed by atoms with E-state index in [1.807, 2.05) is 61.7 Å². The summed E-state index contributed by atoms with van der Waals surface area (Å²) in [6.45, 7) is 9.92. The summed E-state index contributed by atoms with van der Waals surface area (Å²) in [7, 11) is 3.26. The molecule has 0 aliphatic carbocycles. The molecule has 0 spiro atoms. The zero-order valence-electron chi connectivity index (χ0n) is 20.2. The first-order valence-corrected chi connectivity index (χ1v) is 11.8. The van der Waals surface area contributed by atoms with E-state index in [1.165, 1.54) is 11.8 Å². The fraction of sp³-hybridized carbons (Fsp3) is 0.400.